The third-order valence-electron chi connectivity index (χ3n) is 1.95. The minimum absolute atomic E-state index is 0.286. The molecule has 0 bridgehead atoms. The Morgan fingerprint density at radius 1 is 1.15 bits per heavy atom. The van der Waals surface area contributed by atoms with Crippen molar-refractivity contribution in [1.29, 1.82) is 0 Å². The predicted octanol–water partition coefficient (Wildman–Crippen LogP) is 0.607. The smallest absolute Gasteiger partial charge is 0.0139 e. The van der Waals surface area contributed by atoms with E-state index < -0.39 is 0 Å². The number of nitrogens with two attached hydrogens (primary N) is 1. The Morgan fingerprint density at radius 3 is 2.15 bits per heavy atom. The van der Waals surface area contributed by atoms with Crippen molar-refractivity contribution in [3.05, 3.63) is 0 Å². The van der Waals surface area contributed by atoms with E-state index in [1.165, 1.54) is 6.42 Å². The van der Waals surface area contributed by atoms with Crippen molar-refractivity contribution in [2.24, 2.45) is 5.73 Å². The minimum atomic E-state index is 0.286. The van der Waals surface area contributed by atoms with Crippen LogP contribution in [0.2, 0.25) is 0 Å². The molecule has 0 unspecified atom stereocenters. The molecule has 13 heavy (non-hydrogen) atoms. The molecular formula is C10H25N3. The van der Waals surface area contributed by atoms with Gasteiger partial charge in [0.1, 0.15) is 0 Å². The highest BCUT2D eigenvalue weighted by atomic mass is 15.2. The summed E-state index contributed by atoms with van der Waals surface area (Å²) in [5.41, 5.74) is 5.77. The molecule has 80 valence electrons. The molecule has 1 atom stereocenters. The van der Waals surface area contributed by atoms with Gasteiger partial charge in [-0.05, 0) is 34.0 Å². The molecule has 0 aromatic heterocycles. The van der Waals surface area contributed by atoms with E-state index >= 15 is 0 Å². The van der Waals surface area contributed by atoms with Crippen molar-refractivity contribution in [2.75, 3.05) is 40.3 Å². The van der Waals surface area contributed by atoms with Crippen LogP contribution in [0.25, 0.3) is 0 Å². The van der Waals surface area contributed by atoms with Gasteiger partial charge in [0.25, 0.3) is 0 Å². The number of hydrogen-bond acceptors (Lipinski definition) is 3. The summed E-state index contributed by atoms with van der Waals surface area (Å²) in [5, 5.41) is 0. The Hall–Kier alpha value is -0.120. The van der Waals surface area contributed by atoms with Gasteiger partial charge in [-0.1, -0.05) is 6.92 Å². The van der Waals surface area contributed by atoms with Crippen LogP contribution in [0.4, 0.5) is 0 Å². The quantitative estimate of drug-likeness (QED) is 0.634. The second kappa shape index (κ2) is 7.30. The molecule has 0 rings (SSSR count). The molecule has 0 heterocycles. The third-order valence-corrected chi connectivity index (χ3v) is 1.95. The van der Waals surface area contributed by atoms with Crippen LogP contribution in [0.1, 0.15) is 20.3 Å². The summed E-state index contributed by atoms with van der Waals surface area (Å²) in [6.07, 6.45) is 1.21. The first-order valence-electron chi connectivity index (χ1n) is 5.19. The van der Waals surface area contributed by atoms with E-state index in [4.69, 9.17) is 5.73 Å². The average Bonchev–Trinajstić information content (AvgIpc) is 1.99. The van der Waals surface area contributed by atoms with Gasteiger partial charge in [0, 0.05) is 25.7 Å². The summed E-state index contributed by atoms with van der Waals surface area (Å²) in [6.45, 7) is 8.70. The minimum Gasteiger partial charge on any atom is -0.327 e. The van der Waals surface area contributed by atoms with Crippen molar-refractivity contribution in [3.63, 3.8) is 0 Å². The van der Waals surface area contributed by atoms with Gasteiger partial charge in [-0.25, -0.2) is 0 Å². The lowest BCUT2D eigenvalue weighted by atomic mass is 10.3. The summed E-state index contributed by atoms with van der Waals surface area (Å²) in [4.78, 5) is 4.65. The highest BCUT2D eigenvalue weighted by Gasteiger charge is 2.06. The molecule has 0 radical (unpaired) electrons. The monoisotopic (exact) mass is 187 g/mol. The molecule has 0 aromatic carbocycles. The number of likely N-dealkylation sites (N-methyl/N-ethyl adjacent to an activating group) is 1. The van der Waals surface area contributed by atoms with Crippen LogP contribution in [-0.2, 0) is 0 Å². The lowest BCUT2D eigenvalue weighted by Crippen LogP contribution is -2.39. The first-order chi connectivity index (χ1) is 6.06. The fraction of sp³-hybridized carbons (Fsp3) is 1.00. The zero-order valence-corrected chi connectivity index (χ0v) is 9.58. The Kier molecular flexibility index (Phi) is 7.23. The maximum absolute atomic E-state index is 5.77. The maximum atomic E-state index is 5.77. The van der Waals surface area contributed by atoms with Crippen LogP contribution in [-0.4, -0.2) is 56.1 Å². The van der Waals surface area contributed by atoms with E-state index in [1.807, 2.05) is 0 Å². The van der Waals surface area contributed by atoms with Crippen LogP contribution in [0.5, 0.6) is 0 Å². The Bertz CT molecular complexity index is 113. The van der Waals surface area contributed by atoms with Gasteiger partial charge in [0.2, 0.25) is 0 Å². The van der Waals surface area contributed by atoms with Crippen molar-refractivity contribution < 1.29 is 0 Å². The Balaban J connectivity index is 3.66. The second-order valence-corrected chi connectivity index (χ2v) is 4.08. The molecule has 0 aliphatic carbocycles. The van der Waals surface area contributed by atoms with Gasteiger partial charge in [-0.3, -0.25) is 0 Å². The van der Waals surface area contributed by atoms with E-state index in [0.717, 1.165) is 26.2 Å². The Morgan fingerprint density at radius 2 is 1.77 bits per heavy atom. The van der Waals surface area contributed by atoms with Gasteiger partial charge >= 0.3 is 0 Å². The summed E-state index contributed by atoms with van der Waals surface area (Å²) >= 11 is 0. The van der Waals surface area contributed by atoms with E-state index in [0.29, 0.717) is 0 Å². The summed E-state index contributed by atoms with van der Waals surface area (Å²) in [6, 6.07) is 0.286. The van der Waals surface area contributed by atoms with Crippen molar-refractivity contribution in [3.8, 4) is 0 Å². The second-order valence-electron chi connectivity index (χ2n) is 4.08. The Labute approximate surface area is 82.9 Å². The van der Waals surface area contributed by atoms with Gasteiger partial charge in [0.15, 0.2) is 0 Å². The lowest BCUT2D eigenvalue weighted by Gasteiger charge is -2.25. The first kappa shape index (κ1) is 12.9. The number of rotatable bonds is 7. The van der Waals surface area contributed by atoms with Gasteiger partial charge in [-0.15, -0.1) is 0 Å². The lowest BCUT2D eigenvalue weighted by molar-refractivity contribution is 0.232. The molecule has 0 spiro atoms. The van der Waals surface area contributed by atoms with Crippen LogP contribution in [0.15, 0.2) is 0 Å². The highest BCUT2D eigenvalue weighted by molar-refractivity contribution is 4.64. The average molecular weight is 187 g/mol. The van der Waals surface area contributed by atoms with E-state index in [2.05, 4.69) is 37.7 Å². The molecule has 0 saturated carbocycles. The van der Waals surface area contributed by atoms with Gasteiger partial charge < -0.3 is 15.5 Å². The van der Waals surface area contributed by atoms with Gasteiger partial charge in [0.05, 0.1) is 0 Å². The largest absolute Gasteiger partial charge is 0.327 e. The molecular weight excluding hydrogens is 162 g/mol. The predicted molar refractivity (Wildman–Crippen MR) is 58.9 cm³/mol. The maximum Gasteiger partial charge on any atom is 0.0139 e. The molecule has 0 aliphatic rings. The zero-order valence-electron chi connectivity index (χ0n) is 9.58. The third kappa shape index (κ3) is 8.22. The zero-order chi connectivity index (χ0) is 10.3. The molecule has 0 saturated heterocycles. The van der Waals surface area contributed by atoms with Crippen LogP contribution < -0.4 is 5.73 Å². The number of hydrogen-bond donors (Lipinski definition) is 1. The normalized spacial score (nSPS) is 14.1. The van der Waals surface area contributed by atoms with E-state index in [1.54, 1.807) is 0 Å². The summed E-state index contributed by atoms with van der Waals surface area (Å²) in [5.74, 6) is 0. The van der Waals surface area contributed by atoms with Crippen LogP contribution >= 0.6 is 0 Å². The van der Waals surface area contributed by atoms with Crippen LogP contribution in [0.3, 0.4) is 0 Å². The fourth-order valence-electron chi connectivity index (χ4n) is 1.36. The summed E-state index contributed by atoms with van der Waals surface area (Å²) in [7, 11) is 4.21. The van der Waals surface area contributed by atoms with E-state index in [9.17, 15) is 0 Å². The fourth-order valence-corrected chi connectivity index (χ4v) is 1.36. The topological polar surface area (TPSA) is 32.5 Å². The standard InChI is InChI=1S/C10H25N3/c1-5-6-13(9-10(2)11)8-7-12(3)4/h10H,5-9,11H2,1-4H3/t10-/m1/s1. The molecule has 0 aromatic rings. The van der Waals surface area contributed by atoms with E-state index in [-0.39, 0.29) is 6.04 Å². The SMILES string of the molecule is CCCN(CCN(C)C)C[C@@H](C)N. The molecule has 0 aliphatic heterocycles. The van der Waals surface area contributed by atoms with Crippen molar-refractivity contribution >= 4 is 0 Å². The van der Waals surface area contributed by atoms with Gasteiger partial charge in [-0.2, -0.15) is 0 Å². The van der Waals surface area contributed by atoms with Crippen LogP contribution in [0, 0.1) is 0 Å². The highest BCUT2D eigenvalue weighted by Crippen LogP contribution is 1.93. The molecule has 0 fully saturated rings. The summed E-state index contributed by atoms with van der Waals surface area (Å²) < 4.78 is 0. The molecule has 3 nitrogen and oxygen atoms in total. The van der Waals surface area contributed by atoms with Crippen molar-refractivity contribution in [1.82, 2.24) is 9.80 Å². The number of nitrogens with zero attached hydrogens (tertiary/aromatic N) is 2. The molecule has 2 N–H and O–H groups in total. The first-order valence-corrected chi connectivity index (χ1v) is 5.19. The molecule has 0 amide bonds. The van der Waals surface area contributed by atoms with Crippen molar-refractivity contribution in [2.45, 2.75) is 26.3 Å². The molecule has 3 heteroatoms.